The van der Waals surface area contributed by atoms with Gasteiger partial charge in [0.05, 0.1) is 6.54 Å². The van der Waals surface area contributed by atoms with Gasteiger partial charge in [0.15, 0.2) is 0 Å². The van der Waals surface area contributed by atoms with Gasteiger partial charge in [-0.2, -0.15) is 0 Å². The van der Waals surface area contributed by atoms with Crippen LogP contribution in [0, 0.1) is 13.8 Å². The first-order valence-corrected chi connectivity index (χ1v) is 12.4. The van der Waals surface area contributed by atoms with Crippen molar-refractivity contribution in [1.82, 2.24) is 14.5 Å². The Hall–Kier alpha value is -4.10. The van der Waals surface area contributed by atoms with Crippen LogP contribution in [0.1, 0.15) is 50.9 Å². The molecule has 0 saturated carbocycles. The molecule has 2 aromatic heterocycles. The lowest BCUT2D eigenvalue weighted by Gasteiger charge is -2.11. The zero-order chi connectivity index (χ0) is 26.9. The number of aromatic nitrogens is 2. The molecule has 0 saturated heterocycles. The first-order chi connectivity index (χ1) is 17.7. The van der Waals surface area contributed by atoms with Gasteiger partial charge in [-0.15, -0.1) is 0 Å². The number of hydrogen-bond donors (Lipinski definition) is 3. The summed E-state index contributed by atoms with van der Waals surface area (Å²) in [5, 5.41) is 12.5. The van der Waals surface area contributed by atoms with Gasteiger partial charge in [-0.05, 0) is 79.9 Å². The normalized spacial score (nSPS) is 10.6. The van der Waals surface area contributed by atoms with Crippen molar-refractivity contribution in [2.75, 3.05) is 12.8 Å². The van der Waals surface area contributed by atoms with Gasteiger partial charge in [0.25, 0.3) is 5.56 Å². The molecular formula is C30H36N4O3. The number of anilines is 1. The molecule has 0 amide bonds. The molecule has 2 aromatic carbocycles. The predicted molar refractivity (Wildman–Crippen MR) is 149 cm³/mol. The zero-order valence-corrected chi connectivity index (χ0v) is 22.0. The minimum absolute atomic E-state index is 0.0193. The van der Waals surface area contributed by atoms with Crippen molar-refractivity contribution < 1.29 is 9.90 Å². The highest BCUT2D eigenvalue weighted by molar-refractivity contribution is 5.86. The number of hydrogen-bond acceptors (Lipinski definition) is 4. The average molecular weight is 501 g/mol. The largest absolute Gasteiger partial charge is 0.477 e. The molecule has 4 N–H and O–H groups in total. The summed E-state index contributed by atoms with van der Waals surface area (Å²) in [5.41, 5.74) is 13.5. The van der Waals surface area contributed by atoms with E-state index in [1.54, 1.807) is 29.0 Å². The fraction of sp³-hybridized carbons (Fsp3) is 0.267. The summed E-state index contributed by atoms with van der Waals surface area (Å²) in [6, 6.07) is 21.0. The third-order valence-electron chi connectivity index (χ3n) is 6.34. The monoisotopic (exact) mass is 500 g/mol. The molecule has 0 unspecified atom stereocenters. The van der Waals surface area contributed by atoms with Crippen LogP contribution in [0.4, 0.5) is 5.69 Å². The first-order valence-electron chi connectivity index (χ1n) is 12.4. The maximum Gasteiger partial charge on any atom is 0.352 e. The van der Waals surface area contributed by atoms with Gasteiger partial charge in [-0.3, -0.25) is 4.79 Å². The quantitative estimate of drug-likeness (QED) is 0.307. The molecule has 0 atom stereocenters. The van der Waals surface area contributed by atoms with Crippen LogP contribution < -0.4 is 16.6 Å². The maximum atomic E-state index is 11.8. The zero-order valence-electron chi connectivity index (χ0n) is 22.0. The van der Waals surface area contributed by atoms with Gasteiger partial charge in [-0.25, -0.2) is 4.79 Å². The van der Waals surface area contributed by atoms with Crippen LogP contribution >= 0.6 is 0 Å². The number of pyridine rings is 1. The van der Waals surface area contributed by atoms with Gasteiger partial charge in [0.2, 0.25) is 0 Å². The summed E-state index contributed by atoms with van der Waals surface area (Å²) < 4.78 is 3.52. The number of nitrogen functional groups attached to an aromatic ring is 1. The van der Waals surface area contributed by atoms with Crippen LogP contribution in [0.2, 0.25) is 0 Å². The van der Waals surface area contributed by atoms with Crippen LogP contribution in [-0.4, -0.2) is 27.3 Å². The third kappa shape index (κ3) is 7.21. The van der Waals surface area contributed by atoms with Gasteiger partial charge >= 0.3 is 5.97 Å². The van der Waals surface area contributed by atoms with Crippen molar-refractivity contribution >= 4 is 11.7 Å². The van der Waals surface area contributed by atoms with E-state index in [9.17, 15) is 14.7 Å². The van der Waals surface area contributed by atoms with E-state index in [1.807, 2.05) is 67.9 Å². The molecule has 0 fully saturated rings. The highest BCUT2D eigenvalue weighted by Crippen LogP contribution is 2.20. The summed E-state index contributed by atoms with van der Waals surface area (Å²) in [4.78, 5) is 23.2. The van der Waals surface area contributed by atoms with E-state index in [4.69, 9.17) is 5.73 Å². The van der Waals surface area contributed by atoms with Gasteiger partial charge in [-0.1, -0.05) is 36.4 Å². The van der Waals surface area contributed by atoms with Crippen LogP contribution in [0.25, 0.3) is 0 Å². The highest BCUT2D eigenvalue weighted by atomic mass is 16.4. The standard InChI is InChI=1S/C21H22N2O3.C9H14N2/c1-3-23-18(15(2)12-19(23)21(25)26)13-16-7-9-17(10-8-16)14-22-11-5-4-6-20(22)24;1-7-5-9(10)4-3-8(7)6-11-2/h4-12H,3,13-14H2,1-2H3,(H,25,26);3-5,11H,6,10H2,1-2H3. The van der Waals surface area contributed by atoms with E-state index >= 15 is 0 Å². The Labute approximate surface area is 218 Å². The van der Waals surface area contributed by atoms with Crippen molar-refractivity contribution in [2.24, 2.45) is 0 Å². The Morgan fingerprint density at radius 1 is 0.973 bits per heavy atom. The number of carboxylic acid groups (broad SMARTS) is 1. The molecule has 37 heavy (non-hydrogen) atoms. The Balaban J connectivity index is 0.000000289. The molecule has 0 aliphatic rings. The minimum Gasteiger partial charge on any atom is -0.477 e. The Morgan fingerprint density at radius 2 is 1.68 bits per heavy atom. The summed E-state index contributed by atoms with van der Waals surface area (Å²) in [5.74, 6) is -0.898. The van der Waals surface area contributed by atoms with E-state index in [-0.39, 0.29) is 5.56 Å². The number of nitrogens with one attached hydrogen (secondary N) is 1. The number of nitrogens with two attached hydrogens (primary N) is 1. The van der Waals surface area contributed by atoms with Crippen LogP contribution in [0.3, 0.4) is 0 Å². The number of carboxylic acids is 1. The average Bonchev–Trinajstić information content (AvgIpc) is 3.19. The van der Waals surface area contributed by atoms with E-state index < -0.39 is 5.97 Å². The SMILES string of the molecule is CCn1c(C(=O)O)cc(C)c1Cc1ccc(Cn2ccccc2=O)cc1.CNCc1ccc(N)cc1C. The molecule has 0 aliphatic heterocycles. The van der Waals surface area contributed by atoms with Crippen LogP contribution in [0.5, 0.6) is 0 Å². The van der Waals surface area contributed by atoms with E-state index in [1.165, 1.54) is 11.1 Å². The fourth-order valence-electron chi connectivity index (χ4n) is 4.35. The number of nitrogens with zero attached hydrogens (tertiary/aromatic N) is 2. The lowest BCUT2D eigenvalue weighted by atomic mass is 10.1. The molecule has 4 rings (SSSR count). The van der Waals surface area contributed by atoms with E-state index in [0.717, 1.165) is 34.6 Å². The molecule has 194 valence electrons. The highest BCUT2D eigenvalue weighted by Gasteiger charge is 2.16. The number of aromatic carboxylic acids is 1. The number of benzene rings is 2. The maximum absolute atomic E-state index is 11.8. The molecule has 0 aliphatic carbocycles. The van der Waals surface area contributed by atoms with Gasteiger partial charge in [0.1, 0.15) is 5.69 Å². The molecule has 7 heteroatoms. The Morgan fingerprint density at radius 3 is 2.27 bits per heavy atom. The van der Waals surface area contributed by atoms with Gasteiger partial charge < -0.3 is 25.3 Å². The second kappa shape index (κ2) is 12.7. The molecule has 2 heterocycles. The van der Waals surface area contributed by atoms with Crippen LogP contribution in [0.15, 0.2) is 77.7 Å². The second-order valence-corrected chi connectivity index (χ2v) is 9.08. The lowest BCUT2D eigenvalue weighted by Crippen LogP contribution is -2.18. The Kier molecular flexibility index (Phi) is 9.46. The third-order valence-corrected chi connectivity index (χ3v) is 6.34. The summed E-state index contributed by atoms with van der Waals surface area (Å²) in [6.07, 6.45) is 2.46. The van der Waals surface area contributed by atoms with Crippen molar-refractivity contribution in [1.29, 1.82) is 0 Å². The lowest BCUT2D eigenvalue weighted by molar-refractivity contribution is 0.0685. The minimum atomic E-state index is -0.898. The topological polar surface area (TPSA) is 102 Å². The first kappa shape index (κ1) is 27.5. The summed E-state index contributed by atoms with van der Waals surface area (Å²) >= 11 is 0. The molecular weight excluding hydrogens is 464 g/mol. The van der Waals surface area contributed by atoms with Crippen LogP contribution in [-0.2, 0) is 26.1 Å². The van der Waals surface area contributed by atoms with Gasteiger partial charge in [0, 0.05) is 43.2 Å². The second-order valence-electron chi connectivity index (χ2n) is 9.08. The van der Waals surface area contributed by atoms with Crippen molar-refractivity contribution in [3.8, 4) is 0 Å². The number of carbonyl (C=O) groups is 1. The van der Waals surface area contributed by atoms with Crippen molar-refractivity contribution in [2.45, 2.75) is 46.8 Å². The predicted octanol–water partition coefficient (Wildman–Crippen LogP) is 4.61. The van der Waals surface area contributed by atoms with Crippen molar-refractivity contribution in [3.05, 3.63) is 122 Å². The molecule has 0 radical (unpaired) electrons. The molecule has 0 spiro atoms. The van der Waals surface area contributed by atoms with Crippen molar-refractivity contribution in [3.63, 3.8) is 0 Å². The number of aryl methyl sites for hydroxylation is 2. The van der Waals surface area contributed by atoms with E-state index in [0.29, 0.717) is 25.2 Å². The summed E-state index contributed by atoms with van der Waals surface area (Å²) in [7, 11) is 1.94. The molecule has 4 aromatic rings. The Bertz CT molecular complexity index is 1400. The summed E-state index contributed by atoms with van der Waals surface area (Å²) in [6.45, 7) is 8.04. The fourth-order valence-corrected chi connectivity index (χ4v) is 4.35. The molecule has 7 nitrogen and oxygen atoms in total. The molecule has 0 bridgehead atoms. The number of rotatable bonds is 8. The smallest absolute Gasteiger partial charge is 0.352 e. The van der Waals surface area contributed by atoms with E-state index in [2.05, 4.69) is 18.3 Å².